The van der Waals surface area contributed by atoms with Crippen LogP contribution in [0.15, 0.2) is 24.3 Å². The predicted octanol–water partition coefficient (Wildman–Crippen LogP) is 4.61. The highest BCUT2D eigenvalue weighted by atomic mass is 32.1. The predicted molar refractivity (Wildman–Crippen MR) is 107 cm³/mol. The minimum atomic E-state index is -0.0209. The monoisotopic (exact) mass is 365 g/mol. The second kappa shape index (κ2) is 6.80. The molecule has 0 aliphatic heterocycles. The maximum atomic E-state index is 12.6. The molecule has 2 aromatic heterocycles. The minimum absolute atomic E-state index is 0.0209. The van der Waals surface area contributed by atoms with Crippen LogP contribution >= 0.6 is 11.3 Å². The Morgan fingerprint density at radius 1 is 1.27 bits per heavy atom. The van der Waals surface area contributed by atoms with Crippen molar-refractivity contribution >= 4 is 33.3 Å². The van der Waals surface area contributed by atoms with Crippen molar-refractivity contribution in [1.29, 1.82) is 0 Å². The van der Waals surface area contributed by atoms with Crippen molar-refractivity contribution < 1.29 is 4.79 Å². The highest BCUT2D eigenvalue weighted by Crippen LogP contribution is 2.32. The minimum Gasteiger partial charge on any atom is -0.302 e. The van der Waals surface area contributed by atoms with E-state index in [0.717, 1.165) is 45.7 Å². The maximum absolute atomic E-state index is 12.6. The normalized spacial score (nSPS) is 16.5. The number of benzene rings is 1. The molecule has 0 bridgehead atoms. The summed E-state index contributed by atoms with van der Waals surface area (Å²) in [6.45, 7) is 6.33. The summed E-state index contributed by atoms with van der Waals surface area (Å²) in [7, 11) is 0. The van der Waals surface area contributed by atoms with Gasteiger partial charge in [0.1, 0.15) is 0 Å². The van der Waals surface area contributed by atoms with Gasteiger partial charge in [-0.25, -0.2) is 4.98 Å². The Bertz CT molecular complexity index is 992. The molecule has 26 heavy (non-hydrogen) atoms. The van der Waals surface area contributed by atoms with Gasteiger partial charge in [-0.05, 0) is 56.2 Å². The molecule has 0 saturated carbocycles. The van der Waals surface area contributed by atoms with Crippen LogP contribution in [0.3, 0.4) is 0 Å². The van der Waals surface area contributed by atoms with E-state index < -0.39 is 0 Å². The van der Waals surface area contributed by atoms with Crippen LogP contribution in [0.2, 0.25) is 0 Å². The lowest BCUT2D eigenvalue weighted by molar-refractivity contribution is -0.115. The zero-order valence-corrected chi connectivity index (χ0v) is 16.2. The maximum Gasteiger partial charge on any atom is 0.230 e. The molecule has 0 unspecified atom stereocenters. The van der Waals surface area contributed by atoms with Gasteiger partial charge in [-0.15, -0.1) is 11.3 Å². The van der Waals surface area contributed by atoms with Crippen molar-refractivity contribution in [1.82, 2.24) is 9.97 Å². The molecule has 134 valence electrons. The second-order valence-corrected chi connectivity index (χ2v) is 8.36. The molecule has 1 atom stereocenters. The molecule has 4 nitrogen and oxygen atoms in total. The fourth-order valence-electron chi connectivity index (χ4n) is 3.75. The van der Waals surface area contributed by atoms with Crippen molar-refractivity contribution in [3.63, 3.8) is 0 Å². The number of para-hydroxylation sites is 1. The number of thiazole rings is 1. The van der Waals surface area contributed by atoms with E-state index in [1.807, 2.05) is 25.1 Å². The van der Waals surface area contributed by atoms with Crippen LogP contribution in [0.4, 0.5) is 5.13 Å². The van der Waals surface area contributed by atoms with E-state index in [1.165, 1.54) is 17.0 Å². The summed E-state index contributed by atoms with van der Waals surface area (Å²) in [5.74, 6) is 0.688. The number of pyridine rings is 1. The molecule has 1 aromatic carbocycles. The van der Waals surface area contributed by atoms with Crippen molar-refractivity contribution in [3.05, 3.63) is 51.7 Å². The number of rotatable bonds is 3. The van der Waals surface area contributed by atoms with Crippen LogP contribution < -0.4 is 5.32 Å². The molecule has 1 aliphatic rings. The fraction of sp³-hybridized carbons (Fsp3) is 0.381. The molecule has 1 amide bonds. The zero-order chi connectivity index (χ0) is 18.3. The third kappa shape index (κ3) is 3.23. The summed E-state index contributed by atoms with van der Waals surface area (Å²) >= 11 is 1.63. The zero-order valence-electron chi connectivity index (χ0n) is 15.4. The molecule has 0 fully saturated rings. The first-order chi connectivity index (χ1) is 12.5. The standard InChI is InChI=1S/C21H23N3OS/c1-12-8-9-18-19(10-12)26-21(23-18)24-20(25)11-16-13(2)15-6-4-5-7-17(15)22-14(16)3/h4-7,12H,8-11H2,1-3H3,(H,23,24,25)/t12-/m0/s1. The molecule has 0 spiro atoms. The van der Waals surface area contributed by atoms with E-state index in [2.05, 4.69) is 35.2 Å². The van der Waals surface area contributed by atoms with Crippen molar-refractivity contribution in [2.75, 3.05) is 5.32 Å². The SMILES string of the molecule is Cc1nc2ccccc2c(C)c1CC(=O)Nc1nc2c(s1)C[C@@H](C)CC2. The molecule has 5 heteroatoms. The summed E-state index contributed by atoms with van der Waals surface area (Å²) in [5, 5.41) is 4.85. The third-order valence-electron chi connectivity index (χ3n) is 5.26. The van der Waals surface area contributed by atoms with E-state index in [9.17, 15) is 4.79 Å². The van der Waals surface area contributed by atoms with Crippen LogP contribution in [0.25, 0.3) is 10.9 Å². The van der Waals surface area contributed by atoms with Crippen LogP contribution in [0.5, 0.6) is 0 Å². The number of fused-ring (bicyclic) bond motifs is 2. The molecular formula is C21H23N3OS. The van der Waals surface area contributed by atoms with Gasteiger partial charge in [0.2, 0.25) is 5.91 Å². The highest BCUT2D eigenvalue weighted by Gasteiger charge is 2.21. The van der Waals surface area contributed by atoms with Gasteiger partial charge in [0.15, 0.2) is 5.13 Å². The Balaban J connectivity index is 1.55. The van der Waals surface area contributed by atoms with Crippen molar-refractivity contribution in [2.45, 2.75) is 46.5 Å². The Labute approximate surface area is 157 Å². The number of amides is 1. The van der Waals surface area contributed by atoms with E-state index in [4.69, 9.17) is 0 Å². The molecule has 0 saturated heterocycles. The van der Waals surface area contributed by atoms with Gasteiger partial charge < -0.3 is 5.32 Å². The quantitative estimate of drug-likeness (QED) is 0.737. The molecule has 1 aliphatic carbocycles. The summed E-state index contributed by atoms with van der Waals surface area (Å²) in [6, 6.07) is 8.08. The van der Waals surface area contributed by atoms with E-state index in [-0.39, 0.29) is 5.91 Å². The number of aryl methyl sites for hydroxylation is 3. The van der Waals surface area contributed by atoms with Gasteiger partial charge in [0.05, 0.1) is 17.6 Å². The van der Waals surface area contributed by atoms with Gasteiger partial charge in [-0.3, -0.25) is 9.78 Å². The number of nitrogens with zero attached hydrogens (tertiary/aromatic N) is 2. The molecule has 2 heterocycles. The lowest BCUT2D eigenvalue weighted by Gasteiger charge is -2.15. The largest absolute Gasteiger partial charge is 0.302 e. The number of carbonyl (C=O) groups is 1. The summed E-state index contributed by atoms with van der Waals surface area (Å²) in [4.78, 5) is 23.3. The highest BCUT2D eigenvalue weighted by molar-refractivity contribution is 7.15. The molecule has 4 rings (SSSR count). The first-order valence-electron chi connectivity index (χ1n) is 9.14. The van der Waals surface area contributed by atoms with Crippen molar-refractivity contribution in [3.8, 4) is 0 Å². The Hall–Kier alpha value is -2.27. The molecular weight excluding hydrogens is 342 g/mol. The average Bonchev–Trinajstić information content (AvgIpc) is 2.99. The van der Waals surface area contributed by atoms with Crippen LogP contribution in [0.1, 0.15) is 40.7 Å². The topological polar surface area (TPSA) is 54.9 Å². The number of hydrogen-bond donors (Lipinski definition) is 1. The average molecular weight is 366 g/mol. The van der Waals surface area contributed by atoms with E-state index in [1.54, 1.807) is 11.3 Å². The Morgan fingerprint density at radius 3 is 2.92 bits per heavy atom. The number of aromatic nitrogens is 2. The Kier molecular flexibility index (Phi) is 4.49. The van der Waals surface area contributed by atoms with Gasteiger partial charge in [-0.1, -0.05) is 25.1 Å². The van der Waals surface area contributed by atoms with Gasteiger partial charge >= 0.3 is 0 Å². The van der Waals surface area contributed by atoms with Crippen molar-refractivity contribution in [2.24, 2.45) is 5.92 Å². The van der Waals surface area contributed by atoms with Crippen LogP contribution in [-0.2, 0) is 24.1 Å². The number of anilines is 1. The van der Waals surface area contributed by atoms with Gasteiger partial charge in [0.25, 0.3) is 0 Å². The van der Waals surface area contributed by atoms with Crippen LogP contribution in [-0.4, -0.2) is 15.9 Å². The third-order valence-corrected chi connectivity index (χ3v) is 6.29. The second-order valence-electron chi connectivity index (χ2n) is 7.28. The number of carbonyl (C=O) groups excluding carboxylic acids is 1. The smallest absolute Gasteiger partial charge is 0.230 e. The van der Waals surface area contributed by atoms with E-state index >= 15 is 0 Å². The summed E-state index contributed by atoms with van der Waals surface area (Å²) < 4.78 is 0. The summed E-state index contributed by atoms with van der Waals surface area (Å²) in [5.41, 5.74) is 5.21. The van der Waals surface area contributed by atoms with Gasteiger partial charge in [0, 0.05) is 16.0 Å². The first-order valence-corrected chi connectivity index (χ1v) is 9.96. The fourth-order valence-corrected chi connectivity index (χ4v) is 4.94. The van der Waals surface area contributed by atoms with E-state index in [0.29, 0.717) is 12.3 Å². The van der Waals surface area contributed by atoms with Crippen LogP contribution in [0, 0.1) is 19.8 Å². The van der Waals surface area contributed by atoms with Gasteiger partial charge in [-0.2, -0.15) is 0 Å². The summed E-state index contributed by atoms with van der Waals surface area (Å²) in [6.07, 6.45) is 3.62. The first kappa shape index (κ1) is 17.2. The molecule has 0 radical (unpaired) electrons. The number of nitrogens with one attached hydrogen (secondary N) is 1. The molecule has 3 aromatic rings. The lowest BCUT2D eigenvalue weighted by Crippen LogP contribution is -2.16. The Morgan fingerprint density at radius 2 is 2.08 bits per heavy atom. The lowest BCUT2D eigenvalue weighted by atomic mass is 9.93. The molecule has 1 N–H and O–H groups in total. The number of hydrogen-bond acceptors (Lipinski definition) is 4.